The maximum atomic E-state index is 12.5. The number of benzene rings is 1. The van der Waals surface area contributed by atoms with Crippen molar-refractivity contribution in [3.05, 3.63) is 35.9 Å². The van der Waals surface area contributed by atoms with Crippen LogP contribution in [0.5, 0.6) is 0 Å². The topological polar surface area (TPSA) is 190 Å². The van der Waals surface area contributed by atoms with Gasteiger partial charge in [-0.3, -0.25) is 15.0 Å². The highest BCUT2D eigenvalue weighted by atomic mass is 16.5. The van der Waals surface area contributed by atoms with Crippen molar-refractivity contribution in [1.29, 1.82) is 5.41 Å². The lowest BCUT2D eigenvalue weighted by atomic mass is 10.0. The summed E-state index contributed by atoms with van der Waals surface area (Å²) in [6.07, 6.45) is 0.416. The number of amides is 3. The molecule has 34 heavy (non-hydrogen) atoms. The number of nitrogens with two attached hydrogens (primary N) is 1. The third kappa shape index (κ3) is 8.19. The van der Waals surface area contributed by atoms with Gasteiger partial charge in [-0.2, -0.15) is 0 Å². The number of alkyl carbamates (subject to hydrolysis) is 1. The third-order valence-electron chi connectivity index (χ3n) is 5.46. The molecule has 2 rings (SSSR count). The average molecular weight is 479 g/mol. The van der Waals surface area contributed by atoms with Gasteiger partial charge >= 0.3 is 6.09 Å². The maximum absolute atomic E-state index is 12.5. The van der Waals surface area contributed by atoms with Crippen LogP contribution < -0.4 is 21.7 Å². The Labute approximate surface area is 198 Å². The van der Waals surface area contributed by atoms with Crippen molar-refractivity contribution in [3.8, 4) is 0 Å². The van der Waals surface area contributed by atoms with Gasteiger partial charge in [0.05, 0.1) is 19.3 Å². The van der Waals surface area contributed by atoms with Gasteiger partial charge in [0.1, 0.15) is 18.3 Å². The number of likely N-dealkylation sites (tertiary alicyclic amines) is 1. The molecule has 1 aromatic rings. The second kappa shape index (κ2) is 13.4. The molecule has 1 saturated heterocycles. The third-order valence-corrected chi connectivity index (χ3v) is 5.46. The lowest BCUT2D eigenvalue weighted by molar-refractivity contribution is -0.131. The number of carbonyl (C=O) groups is 3. The molecule has 0 radical (unpaired) electrons. The Hall–Kier alpha value is -3.38. The van der Waals surface area contributed by atoms with Crippen molar-refractivity contribution in [3.63, 3.8) is 0 Å². The largest absolute Gasteiger partial charge is 0.450 e. The molecule has 12 nitrogen and oxygen atoms in total. The average Bonchev–Trinajstić information content (AvgIpc) is 2.81. The number of aryl methyl sites for hydroxylation is 1. The van der Waals surface area contributed by atoms with Gasteiger partial charge < -0.3 is 41.5 Å². The molecule has 0 aliphatic carbocycles. The molecule has 0 saturated carbocycles. The second-order valence-electron chi connectivity index (χ2n) is 8.08. The first-order valence-electron chi connectivity index (χ1n) is 11.2. The van der Waals surface area contributed by atoms with Crippen molar-refractivity contribution in [2.24, 2.45) is 5.73 Å². The molecule has 1 aromatic carbocycles. The van der Waals surface area contributed by atoms with Gasteiger partial charge in [0.25, 0.3) is 0 Å². The van der Waals surface area contributed by atoms with E-state index in [1.807, 2.05) is 30.3 Å². The van der Waals surface area contributed by atoms with Gasteiger partial charge in [0, 0.05) is 6.54 Å². The van der Waals surface area contributed by atoms with Crippen LogP contribution in [0.25, 0.3) is 0 Å². The van der Waals surface area contributed by atoms with Crippen LogP contribution in [-0.4, -0.2) is 83.1 Å². The van der Waals surface area contributed by atoms with E-state index in [1.165, 1.54) is 11.8 Å². The summed E-state index contributed by atoms with van der Waals surface area (Å²) in [5.74, 6) is -1.62. The van der Waals surface area contributed by atoms with Gasteiger partial charge in [-0.1, -0.05) is 30.3 Å². The van der Waals surface area contributed by atoms with E-state index in [-0.39, 0.29) is 12.6 Å². The fourth-order valence-electron chi connectivity index (χ4n) is 3.54. The summed E-state index contributed by atoms with van der Waals surface area (Å²) in [6.45, 7) is 1.29. The fraction of sp³-hybridized carbons (Fsp3) is 0.545. The number of piperidine rings is 1. The van der Waals surface area contributed by atoms with Crippen LogP contribution in [0, 0.1) is 5.41 Å². The molecule has 1 aliphatic rings. The van der Waals surface area contributed by atoms with E-state index in [4.69, 9.17) is 15.9 Å². The monoisotopic (exact) mass is 478 g/mol. The number of rotatable bonds is 10. The lowest BCUT2D eigenvalue weighted by Crippen LogP contribution is -2.61. The number of nitrogens with one attached hydrogen (secondary N) is 4. The lowest BCUT2D eigenvalue weighted by Gasteiger charge is -2.38. The van der Waals surface area contributed by atoms with E-state index in [9.17, 15) is 24.6 Å². The molecular formula is C22H34N6O6. The number of hydrogen-bond donors (Lipinski definition) is 7. The van der Waals surface area contributed by atoms with Crippen molar-refractivity contribution >= 4 is 23.9 Å². The molecule has 12 heteroatoms. The van der Waals surface area contributed by atoms with Crippen LogP contribution in [-0.2, 0) is 20.7 Å². The zero-order chi connectivity index (χ0) is 25.1. The van der Waals surface area contributed by atoms with Gasteiger partial charge in [-0.05, 0) is 38.2 Å². The predicted molar refractivity (Wildman–Crippen MR) is 124 cm³/mol. The molecule has 3 amide bonds. The Bertz CT molecular complexity index is 838. The molecule has 0 bridgehead atoms. The van der Waals surface area contributed by atoms with Crippen LogP contribution in [0.4, 0.5) is 4.79 Å². The van der Waals surface area contributed by atoms with Crippen molar-refractivity contribution < 1.29 is 29.3 Å². The van der Waals surface area contributed by atoms with E-state index in [0.717, 1.165) is 12.0 Å². The first kappa shape index (κ1) is 26.9. The standard InChI is InChI=1S/C22H34N6O6/c1-14(18(30)26-16-10-5-11-28(20(16)32)21(23)24)25-19(31)17(13-29)27-22(33)34-12-6-9-15-7-3-2-4-8-15/h2-4,7-8,14,16-17,20,29,32H,5-6,9-13H2,1H3,(H3,23,24)(H,25,31)(H,26,30)(H,27,33). The molecule has 0 spiro atoms. The molecule has 1 fully saturated rings. The zero-order valence-corrected chi connectivity index (χ0v) is 19.2. The molecular weight excluding hydrogens is 444 g/mol. The Balaban J connectivity index is 1.75. The van der Waals surface area contributed by atoms with Crippen molar-refractivity contribution in [2.75, 3.05) is 19.8 Å². The maximum Gasteiger partial charge on any atom is 0.407 e. The minimum absolute atomic E-state index is 0.139. The van der Waals surface area contributed by atoms with E-state index in [0.29, 0.717) is 25.8 Å². The van der Waals surface area contributed by atoms with Crippen molar-refractivity contribution in [2.45, 2.75) is 57.0 Å². The summed E-state index contributed by atoms with van der Waals surface area (Å²) in [5, 5.41) is 34.6. The first-order chi connectivity index (χ1) is 16.2. The minimum atomic E-state index is -1.30. The van der Waals surface area contributed by atoms with Gasteiger partial charge in [-0.25, -0.2) is 4.79 Å². The summed E-state index contributed by atoms with van der Waals surface area (Å²) >= 11 is 0. The molecule has 1 heterocycles. The van der Waals surface area contributed by atoms with Crippen LogP contribution in [0.2, 0.25) is 0 Å². The molecule has 0 aromatic heterocycles. The van der Waals surface area contributed by atoms with Crippen molar-refractivity contribution in [1.82, 2.24) is 20.9 Å². The van der Waals surface area contributed by atoms with Crippen LogP contribution in [0.3, 0.4) is 0 Å². The Kier molecular flexibility index (Phi) is 10.6. The summed E-state index contributed by atoms with van der Waals surface area (Å²) < 4.78 is 5.06. The van der Waals surface area contributed by atoms with E-state index < -0.39 is 48.9 Å². The number of nitrogens with zero attached hydrogens (tertiary/aromatic N) is 1. The highest BCUT2D eigenvalue weighted by molar-refractivity contribution is 5.91. The number of hydrogen-bond acceptors (Lipinski definition) is 7. The van der Waals surface area contributed by atoms with Gasteiger partial charge in [0.15, 0.2) is 5.96 Å². The van der Waals surface area contributed by atoms with Crippen LogP contribution in [0.15, 0.2) is 30.3 Å². The number of ether oxygens (including phenoxy) is 1. The molecule has 8 N–H and O–H groups in total. The predicted octanol–water partition coefficient (Wildman–Crippen LogP) is -0.997. The molecule has 188 valence electrons. The zero-order valence-electron chi connectivity index (χ0n) is 19.2. The number of carbonyl (C=O) groups excluding carboxylic acids is 3. The Morgan fingerprint density at radius 3 is 2.59 bits per heavy atom. The Morgan fingerprint density at radius 2 is 1.94 bits per heavy atom. The summed E-state index contributed by atoms with van der Waals surface area (Å²) in [6, 6.07) is 6.73. The van der Waals surface area contributed by atoms with E-state index >= 15 is 0 Å². The quantitative estimate of drug-likeness (QED) is 0.127. The van der Waals surface area contributed by atoms with E-state index in [2.05, 4.69) is 16.0 Å². The molecule has 4 atom stereocenters. The van der Waals surface area contributed by atoms with Gasteiger partial charge in [-0.15, -0.1) is 0 Å². The van der Waals surface area contributed by atoms with Crippen LogP contribution in [0.1, 0.15) is 31.7 Å². The Morgan fingerprint density at radius 1 is 1.24 bits per heavy atom. The minimum Gasteiger partial charge on any atom is -0.450 e. The second-order valence-corrected chi connectivity index (χ2v) is 8.08. The smallest absolute Gasteiger partial charge is 0.407 e. The number of aliphatic hydroxyl groups excluding tert-OH is 2. The molecule has 4 unspecified atom stereocenters. The number of aliphatic hydroxyl groups is 2. The first-order valence-corrected chi connectivity index (χ1v) is 11.2. The van der Waals surface area contributed by atoms with Gasteiger partial charge in [0.2, 0.25) is 11.8 Å². The van der Waals surface area contributed by atoms with E-state index in [1.54, 1.807) is 0 Å². The highest BCUT2D eigenvalue weighted by Gasteiger charge is 2.33. The number of guanidine groups is 1. The summed E-state index contributed by atoms with van der Waals surface area (Å²) in [7, 11) is 0. The SMILES string of the molecule is CC(NC(=O)C(CO)NC(=O)OCCCc1ccccc1)C(=O)NC1CCCN(C(=N)N)C1O. The molecule has 1 aliphatic heterocycles. The normalized spacial score (nSPS) is 19.4. The summed E-state index contributed by atoms with van der Waals surface area (Å²) in [4.78, 5) is 38.1. The summed E-state index contributed by atoms with van der Waals surface area (Å²) in [5.41, 5.74) is 6.55. The fourth-order valence-corrected chi connectivity index (χ4v) is 3.54. The highest BCUT2D eigenvalue weighted by Crippen LogP contribution is 2.15. The van der Waals surface area contributed by atoms with Crippen LogP contribution >= 0.6 is 0 Å².